The molecule has 1 aliphatic rings. The Balaban J connectivity index is 1.89. The van der Waals surface area contributed by atoms with Gasteiger partial charge in [-0.25, -0.2) is 0 Å². The van der Waals surface area contributed by atoms with Gasteiger partial charge in [-0.1, -0.05) is 29.8 Å². The SMILES string of the molecule is COS(=O)(=O)c1cccc(N2CCC(c3ccc(Cl)cc3)=N2)c1. The topological polar surface area (TPSA) is 59.0 Å². The van der Waals surface area contributed by atoms with Crippen LogP contribution >= 0.6 is 11.6 Å². The summed E-state index contributed by atoms with van der Waals surface area (Å²) in [6, 6.07) is 14.1. The number of nitrogens with zero attached hydrogens (tertiary/aromatic N) is 2. The van der Waals surface area contributed by atoms with Crippen molar-refractivity contribution in [2.75, 3.05) is 18.7 Å². The molecule has 1 heterocycles. The van der Waals surface area contributed by atoms with Gasteiger partial charge in [0.1, 0.15) is 0 Å². The average Bonchev–Trinajstić information content (AvgIpc) is 3.06. The zero-order valence-corrected chi connectivity index (χ0v) is 14.0. The minimum atomic E-state index is -3.71. The lowest BCUT2D eigenvalue weighted by atomic mass is 10.1. The van der Waals surface area contributed by atoms with Crippen LogP contribution in [0.15, 0.2) is 58.5 Å². The molecule has 0 amide bonds. The quantitative estimate of drug-likeness (QED) is 0.794. The number of halogens is 1. The van der Waals surface area contributed by atoms with E-state index < -0.39 is 10.1 Å². The number of anilines is 1. The molecule has 0 N–H and O–H groups in total. The molecule has 0 saturated heterocycles. The van der Waals surface area contributed by atoms with Crippen LogP contribution in [0.2, 0.25) is 5.02 Å². The highest BCUT2D eigenvalue weighted by Gasteiger charge is 2.20. The second-order valence-electron chi connectivity index (χ2n) is 5.04. The Morgan fingerprint density at radius 1 is 1.17 bits per heavy atom. The number of hydrogen-bond donors (Lipinski definition) is 0. The highest BCUT2D eigenvalue weighted by molar-refractivity contribution is 7.86. The van der Waals surface area contributed by atoms with E-state index in [0.717, 1.165) is 24.8 Å². The summed E-state index contributed by atoms with van der Waals surface area (Å²) in [7, 11) is -2.56. The van der Waals surface area contributed by atoms with Gasteiger partial charge in [0.05, 0.1) is 23.4 Å². The molecule has 0 aromatic heterocycles. The minimum Gasteiger partial charge on any atom is -0.270 e. The van der Waals surface area contributed by atoms with E-state index in [9.17, 15) is 8.42 Å². The molecular formula is C16H15ClN2O3S. The van der Waals surface area contributed by atoms with Gasteiger partial charge >= 0.3 is 0 Å². The molecule has 3 rings (SSSR count). The summed E-state index contributed by atoms with van der Waals surface area (Å²) in [4.78, 5) is 0.118. The normalized spacial score (nSPS) is 14.9. The predicted octanol–water partition coefficient (Wildman–Crippen LogP) is 3.29. The van der Waals surface area contributed by atoms with Gasteiger partial charge in [0.15, 0.2) is 0 Å². The molecule has 0 bridgehead atoms. The molecule has 0 spiro atoms. The standard InChI is InChI=1S/C16H15ClN2O3S/c1-22-23(20,21)15-4-2-3-14(11-15)19-10-9-16(18-19)12-5-7-13(17)8-6-12/h2-8,11H,9-10H2,1H3. The summed E-state index contributed by atoms with van der Waals surface area (Å²) in [5, 5.41) is 7.05. The third-order valence-electron chi connectivity index (χ3n) is 3.60. The molecular weight excluding hydrogens is 336 g/mol. The van der Waals surface area contributed by atoms with E-state index in [1.165, 1.54) is 6.07 Å². The molecule has 0 unspecified atom stereocenters. The van der Waals surface area contributed by atoms with Gasteiger partial charge in [-0.15, -0.1) is 0 Å². The third-order valence-corrected chi connectivity index (χ3v) is 5.13. The zero-order valence-electron chi connectivity index (χ0n) is 12.4. The number of hydrogen-bond acceptors (Lipinski definition) is 5. The fraction of sp³-hybridized carbons (Fsp3) is 0.188. The summed E-state index contributed by atoms with van der Waals surface area (Å²) in [5.41, 5.74) is 2.67. The molecule has 0 radical (unpaired) electrons. The molecule has 2 aromatic carbocycles. The van der Waals surface area contributed by atoms with Crippen LogP contribution in [0.25, 0.3) is 0 Å². The van der Waals surface area contributed by atoms with Crippen molar-refractivity contribution < 1.29 is 12.6 Å². The molecule has 0 saturated carbocycles. The van der Waals surface area contributed by atoms with Crippen molar-refractivity contribution in [2.24, 2.45) is 5.10 Å². The maximum atomic E-state index is 11.8. The first-order chi connectivity index (χ1) is 11.0. The molecule has 23 heavy (non-hydrogen) atoms. The Morgan fingerprint density at radius 2 is 1.91 bits per heavy atom. The van der Waals surface area contributed by atoms with Crippen LogP contribution in [0.5, 0.6) is 0 Å². The zero-order chi connectivity index (χ0) is 16.4. The highest BCUT2D eigenvalue weighted by atomic mass is 35.5. The molecule has 5 nitrogen and oxygen atoms in total. The second-order valence-corrected chi connectivity index (χ2v) is 7.19. The van der Waals surface area contributed by atoms with Crippen LogP contribution in [-0.2, 0) is 14.3 Å². The van der Waals surface area contributed by atoms with Gasteiger partial charge in [-0.3, -0.25) is 9.19 Å². The fourth-order valence-electron chi connectivity index (χ4n) is 2.38. The monoisotopic (exact) mass is 350 g/mol. The maximum Gasteiger partial charge on any atom is 0.296 e. The predicted molar refractivity (Wildman–Crippen MR) is 90.6 cm³/mol. The summed E-state index contributed by atoms with van der Waals surface area (Å²) < 4.78 is 28.1. The lowest BCUT2D eigenvalue weighted by molar-refractivity contribution is 0.398. The van der Waals surface area contributed by atoms with Crippen LogP contribution in [0.1, 0.15) is 12.0 Å². The summed E-state index contributed by atoms with van der Waals surface area (Å²) in [5.74, 6) is 0. The first-order valence-electron chi connectivity index (χ1n) is 7.01. The Morgan fingerprint density at radius 3 is 2.61 bits per heavy atom. The second kappa shape index (κ2) is 6.31. The molecule has 0 aliphatic carbocycles. The van der Waals surface area contributed by atoms with Crippen LogP contribution in [0.3, 0.4) is 0 Å². The lowest BCUT2D eigenvalue weighted by Gasteiger charge is -2.14. The Bertz CT molecular complexity index is 848. The Labute approximate surface area is 140 Å². The fourth-order valence-corrected chi connectivity index (χ4v) is 3.21. The van der Waals surface area contributed by atoms with Crippen LogP contribution in [-0.4, -0.2) is 27.8 Å². The summed E-state index contributed by atoms with van der Waals surface area (Å²) in [6.07, 6.45) is 0.781. The first-order valence-corrected chi connectivity index (χ1v) is 8.80. The van der Waals surface area contributed by atoms with Crippen molar-refractivity contribution in [3.8, 4) is 0 Å². The minimum absolute atomic E-state index is 0.118. The molecule has 0 fully saturated rings. The van der Waals surface area contributed by atoms with Crippen molar-refractivity contribution in [1.82, 2.24) is 0 Å². The van der Waals surface area contributed by atoms with Gasteiger partial charge in [0, 0.05) is 18.0 Å². The number of rotatable bonds is 4. The third kappa shape index (κ3) is 3.39. The molecule has 7 heteroatoms. The largest absolute Gasteiger partial charge is 0.296 e. The number of benzene rings is 2. The van der Waals surface area contributed by atoms with Crippen LogP contribution in [0, 0.1) is 0 Å². The van der Waals surface area contributed by atoms with E-state index in [0.29, 0.717) is 17.3 Å². The molecule has 120 valence electrons. The van der Waals surface area contributed by atoms with Crippen LogP contribution < -0.4 is 5.01 Å². The Kier molecular flexibility index (Phi) is 4.39. The van der Waals surface area contributed by atoms with Gasteiger partial charge in [0.2, 0.25) is 0 Å². The molecule has 1 aliphatic heterocycles. The molecule has 2 aromatic rings. The average molecular weight is 351 g/mol. The smallest absolute Gasteiger partial charge is 0.270 e. The van der Waals surface area contributed by atoms with E-state index in [2.05, 4.69) is 9.28 Å². The van der Waals surface area contributed by atoms with Gasteiger partial charge in [-0.05, 0) is 35.9 Å². The van der Waals surface area contributed by atoms with Gasteiger partial charge < -0.3 is 0 Å². The lowest BCUT2D eigenvalue weighted by Crippen LogP contribution is -2.12. The highest BCUT2D eigenvalue weighted by Crippen LogP contribution is 2.25. The van der Waals surface area contributed by atoms with Crippen LogP contribution in [0.4, 0.5) is 5.69 Å². The van der Waals surface area contributed by atoms with E-state index in [1.54, 1.807) is 17.1 Å². The van der Waals surface area contributed by atoms with E-state index in [-0.39, 0.29) is 4.90 Å². The van der Waals surface area contributed by atoms with E-state index >= 15 is 0 Å². The van der Waals surface area contributed by atoms with Crippen molar-refractivity contribution in [3.05, 3.63) is 59.1 Å². The maximum absolute atomic E-state index is 11.8. The van der Waals surface area contributed by atoms with Gasteiger partial charge in [-0.2, -0.15) is 13.5 Å². The van der Waals surface area contributed by atoms with Gasteiger partial charge in [0.25, 0.3) is 10.1 Å². The van der Waals surface area contributed by atoms with E-state index in [1.807, 2.05) is 30.3 Å². The molecule has 0 atom stereocenters. The van der Waals surface area contributed by atoms with E-state index in [4.69, 9.17) is 11.6 Å². The van der Waals surface area contributed by atoms with Crippen molar-refractivity contribution in [2.45, 2.75) is 11.3 Å². The number of hydrazone groups is 1. The van der Waals surface area contributed by atoms with Crippen molar-refractivity contribution in [1.29, 1.82) is 0 Å². The Hall–Kier alpha value is -1.89. The van der Waals surface area contributed by atoms with Crippen molar-refractivity contribution >= 4 is 33.1 Å². The first kappa shape index (κ1) is 16.0. The van der Waals surface area contributed by atoms with Crippen molar-refractivity contribution in [3.63, 3.8) is 0 Å². The summed E-state index contributed by atoms with van der Waals surface area (Å²) >= 11 is 5.90. The summed E-state index contributed by atoms with van der Waals surface area (Å²) in [6.45, 7) is 0.689.